The Hall–Kier alpha value is -3.36. The summed E-state index contributed by atoms with van der Waals surface area (Å²) in [5.74, 6) is 0.496. The third-order valence-electron chi connectivity index (χ3n) is 5.58. The lowest BCUT2D eigenvalue weighted by Crippen LogP contribution is -2.24. The Morgan fingerprint density at radius 3 is 2.78 bits per heavy atom. The summed E-state index contributed by atoms with van der Waals surface area (Å²) in [6.07, 6.45) is 5.95. The zero-order valence-corrected chi connectivity index (χ0v) is 18.2. The molecule has 32 heavy (non-hydrogen) atoms. The summed E-state index contributed by atoms with van der Waals surface area (Å²) in [4.78, 5) is 22.4. The summed E-state index contributed by atoms with van der Waals surface area (Å²) >= 11 is 6.62. The van der Waals surface area contributed by atoms with E-state index < -0.39 is 0 Å². The SMILES string of the molecule is CCn1c(=O)c(-c2ccc(-c3ccnnc3)cc2Cl)cc2cnc(NC3CCOC3)nc21. The number of rotatable bonds is 5. The van der Waals surface area contributed by atoms with Gasteiger partial charge in [-0.15, -0.1) is 0 Å². The molecule has 0 saturated carbocycles. The van der Waals surface area contributed by atoms with E-state index >= 15 is 0 Å². The quantitative estimate of drug-likeness (QED) is 0.496. The molecule has 9 heteroatoms. The van der Waals surface area contributed by atoms with Gasteiger partial charge in [0.2, 0.25) is 5.95 Å². The summed E-state index contributed by atoms with van der Waals surface area (Å²) in [7, 11) is 0. The smallest absolute Gasteiger partial charge is 0.260 e. The molecular formula is C23H21ClN6O2. The Morgan fingerprint density at radius 2 is 2.06 bits per heavy atom. The van der Waals surface area contributed by atoms with Crippen LogP contribution in [0.3, 0.4) is 0 Å². The van der Waals surface area contributed by atoms with Crippen LogP contribution >= 0.6 is 11.6 Å². The number of fused-ring (bicyclic) bond motifs is 1. The molecule has 0 aliphatic carbocycles. The van der Waals surface area contributed by atoms with E-state index in [2.05, 4.69) is 25.5 Å². The number of halogens is 1. The van der Waals surface area contributed by atoms with Crippen LogP contribution in [0.25, 0.3) is 33.3 Å². The van der Waals surface area contributed by atoms with E-state index in [1.807, 2.05) is 31.2 Å². The van der Waals surface area contributed by atoms with Crippen molar-refractivity contribution >= 4 is 28.6 Å². The molecule has 0 amide bonds. The van der Waals surface area contributed by atoms with Crippen molar-refractivity contribution in [2.75, 3.05) is 18.5 Å². The minimum atomic E-state index is -0.144. The molecule has 4 heterocycles. The molecule has 1 saturated heterocycles. The van der Waals surface area contributed by atoms with Crippen molar-refractivity contribution in [1.29, 1.82) is 0 Å². The van der Waals surface area contributed by atoms with E-state index in [4.69, 9.17) is 16.3 Å². The Morgan fingerprint density at radius 1 is 1.16 bits per heavy atom. The van der Waals surface area contributed by atoms with Crippen LogP contribution < -0.4 is 10.9 Å². The Kier molecular flexibility index (Phi) is 5.55. The van der Waals surface area contributed by atoms with Crippen LogP contribution in [-0.4, -0.2) is 44.0 Å². The molecular weight excluding hydrogens is 428 g/mol. The van der Waals surface area contributed by atoms with Crippen molar-refractivity contribution in [2.45, 2.75) is 25.9 Å². The molecule has 3 aromatic heterocycles. The summed E-state index contributed by atoms with van der Waals surface area (Å²) in [5.41, 5.74) is 3.43. The van der Waals surface area contributed by atoms with E-state index in [1.165, 1.54) is 0 Å². The van der Waals surface area contributed by atoms with Gasteiger partial charge in [0, 0.05) is 46.4 Å². The van der Waals surface area contributed by atoms with Gasteiger partial charge in [-0.2, -0.15) is 15.2 Å². The molecule has 8 nitrogen and oxygen atoms in total. The number of nitrogens with zero attached hydrogens (tertiary/aromatic N) is 5. The van der Waals surface area contributed by atoms with Gasteiger partial charge in [0.1, 0.15) is 5.65 Å². The van der Waals surface area contributed by atoms with E-state index in [1.54, 1.807) is 29.2 Å². The number of ether oxygens (including phenoxy) is 1. The molecule has 1 aliphatic heterocycles. The van der Waals surface area contributed by atoms with Crippen LogP contribution in [-0.2, 0) is 11.3 Å². The molecule has 1 N–H and O–H groups in total. The lowest BCUT2D eigenvalue weighted by molar-refractivity contribution is 0.195. The zero-order valence-electron chi connectivity index (χ0n) is 17.5. The van der Waals surface area contributed by atoms with Gasteiger partial charge in [0.25, 0.3) is 5.56 Å². The van der Waals surface area contributed by atoms with Crippen molar-refractivity contribution in [2.24, 2.45) is 0 Å². The number of anilines is 1. The Labute approximate surface area is 189 Å². The van der Waals surface area contributed by atoms with E-state index in [0.717, 1.165) is 29.5 Å². The third-order valence-corrected chi connectivity index (χ3v) is 5.90. The third kappa shape index (κ3) is 3.83. The first-order chi connectivity index (χ1) is 15.6. The molecule has 1 fully saturated rings. The summed E-state index contributed by atoms with van der Waals surface area (Å²) in [5, 5.41) is 12.3. The van der Waals surface area contributed by atoms with Crippen LogP contribution in [0.15, 0.2) is 53.7 Å². The maximum atomic E-state index is 13.4. The largest absolute Gasteiger partial charge is 0.379 e. The van der Waals surface area contributed by atoms with E-state index in [-0.39, 0.29) is 11.6 Å². The van der Waals surface area contributed by atoms with Crippen LogP contribution in [0.2, 0.25) is 5.02 Å². The molecule has 1 aliphatic rings. The highest BCUT2D eigenvalue weighted by atomic mass is 35.5. The summed E-state index contributed by atoms with van der Waals surface area (Å²) in [6, 6.07) is 9.46. The second-order valence-electron chi connectivity index (χ2n) is 7.61. The number of aromatic nitrogens is 5. The highest BCUT2D eigenvalue weighted by molar-refractivity contribution is 6.33. The second-order valence-corrected chi connectivity index (χ2v) is 8.02. The molecule has 162 valence electrons. The molecule has 0 bridgehead atoms. The molecule has 0 spiro atoms. The first-order valence-corrected chi connectivity index (χ1v) is 10.8. The lowest BCUT2D eigenvalue weighted by Gasteiger charge is -2.14. The maximum Gasteiger partial charge on any atom is 0.260 e. The van der Waals surface area contributed by atoms with Crippen LogP contribution in [0.5, 0.6) is 0 Å². The van der Waals surface area contributed by atoms with Crippen molar-refractivity contribution in [3.05, 3.63) is 64.3 Å². The predicted octanol–water partition coefficient (Wildman–Crippen LogP) is 3.79. The number of hydrogen-bond acceptors (Lipinski definition) is 7. The van der Waals surface area contributed by atoms with Crippen LogP contribution in [0, 0.1) is 0 Å². The maximum absolute atomic E-state index is 13.4. The monoisotopic (exact) mass is 448 g/mol. The van der Waals surface area contributed by atoms with Crippen LogP contribution in [0.4, 0.5) is 5.95 Å². The normalized spacial score (nSPS) is 15.9. The minimum Gasteiger partial charge on any atom is -0.379 e. The van der Waals surface area contributed by atoms with Crippen molar-refractivity contribution in [3.8, 4) is 22.3 Å². The molecule has 1 unspecified atom stereocenters. The number of aryl methyl sites for hydroxylation is 1. The van der Waals surface area contributed by atoms with Gasteiger partial charge in [-0.05, 0) is 37.1 Å². The fourth-order valence-corrected chi connectivity index (χ4v) is 4.20. The molecule has 1 aromatic carbocycles. The molecule has 1 atom stereocenters. The van der Waals surface area contributed by atoms with Gasteiger partial charge >= 0.3 is 0 Å². The first kappa shape index (κ1) is 20.5. The number of nitrogens with one attached hydrogen (secondary N) is 1. The standard InChI is InChI=1S/C23H21ClN6O2/c1-2-30-21-16(11-25-23(29-21)28-17-6-8-32-13-17)9-19(22(30)31)18-4-3-14(10-20(18)24)15-5-7-26-27-12-15/h3-5,7,9-12,17H,2,6,8,13H2,1H3,(H,25,28,29). The average molecular weight is 449 g/mol. The highest BCUT2D eigenvalue weighted by Gasteiger charge is 2.18. The number of hydrogen-bond donors (Lipinski definition) is 1. The van der Waals surface area contributed by atoms with Crippen molar-refractivity contribution < 1.29 is 4.74 Å². The van der Waals surface area contributed by atoms with Gasteiger partial charge in [0.15, 0.2) is 0 Å². The lowest BCUT2D eigenvalue weighted by atomic mass is 10.0. The Balaban J connectivity index is 1.57. The van der Waals surface area contributed by atoms with E-state index in [9.17, 15) is 4.79 Å². The Bertz CT molecular complexity index is 1340. The summed E-state index contributed by atoms with van der Waals surface area (Å²) < 4.78 is 7.05. The average Bonchev–Trinajstić information content (AvgIpc) is 3.33. The highest BCUT2D eigenvalue weighted by Crippen LogP contribution is 2.31. The molecule has 4 aromatic rings. The fraction of sp³-hybridized carbons (Fsp3) is 0.261. The topological polar surface area (TPSA) is 94.8 Å². The van der Waals surface area contributed by atoms with Gasteiger partial charge in [-0.25, -0.2) is 4.98 Å². The second kappa shape index (κ2) is 8.64. The van der Waals surface area contributed by atoms with Crippen molar-refractivity contribution in [3.63, 3.8) is 0 Å². The van der Waals surface area contributed by atoms with Crippen molar-refractivity contribution in [1.82, 2.24) is 24.7 Å². The molecule has 0 radical (unpaired) electrons. The number of pyridine rings is 1. The summed E-state index contributed by atoms with van der Waals surface area (Å²) in [6.45, 7) is 3.76. The van der Waals surface area contributed by atoms with Crippen LogP contribution in [0.1, 0.15) is 13.3 Å². The van der Waals surface area contributed by atoms with Gasteiger partial charge in [-0.3, -0.25) is 9.36 Å². The fourth-order valence-electron chi connectivity index (χ4n) is 3.92. The predicted molar refractivity (Wildman–Crippen MR) is 124 cm³/mol. The van der Waals surface area contributed by atoms with Gasteiger partial charge in [-0.1, -0.05) is 23.7 Å². The minimum absolute atomic E-state index is 0.144. The number of benzene rings is 1. The van der Waals surface area contributed by atoms with Gasteiger partial charge in [0.05, 0.1) is 25.0 Å². The zero-order chi connectivity index (χ0) is 22.1. The van der Waals surface area contributed by atoms with E-state index in [0.29, 0.717) is 40.9 Å². The van der Waals surface area contributed by atoms with Gasteiger partial charge < -0.3 is 10.1 Å². The molecule has 5 rings (SSSR count). The first-order valence-electron chi connectivity index (χ1n) is 10.5.